The van der Waals surface area contributed by atoms with Gasteiger partial charge in [-0.2, -0.15) is 0 Å². The summed E-state index contributed by atoms with van der Waals surface area (Å²) in [5.74, 6) is 0. The van der Waals surface area contributed by atoms with E-state index in [2.05, 4.69) is 12.2 Å². The zero-order chi connectivity index (χ0) is 7.03. The molecule has 2 rings (SSSR count). The fraction of sp³-hybridized carbons (Fsp3) is 1.00. The van der Waals surface area contributed by atoms with Crippen molar-refractivity contribution in [1.82, 2.24) is 5.32 Å². The van der Waals surface area contributed by atoms with E-state index in [0.29, 0.717) is 5.41 Å². The third kappa shape index (κ3) is 0.867. The Morgan fingerprint density at radius 3 is 2.70 bits per heavy atom. The lowest BCUT2D eigenvalue weighted by Gasteiger charge is -2.37. The zero-order valence-corrected chi connectivity index (χ0v) is 6.52. The van der Waals surface area contributed by atoms with Gasteiger partial charge in [-0.3, -0.25) is 0 Å². The molecule has 0 aromatic rings. The van der Waals surface area contributed by atoms with Gasteiger partial charge >= 0.3 is 0 Å². The van der Waals surface area contributed by atoms with Gasteiger partial charge in [-0.1, -0.05) is 6.92 Å². The third-order valence-electron chi connectivity index (χ3n) is 2.75. The topological polar surface area (TPSA) is 21.3 Å². The number of hydrogen-bond donors (Lipinski definition) is 1. The summed E-state index contributed by atoms with van der Waals surface area (Å²) in [5, 5.41) is 3.52. The van der Waals surface area contributed by atoms with E-state index in [4.69, 9.17) is 4.74 Å². The summed E-state index contributed by atoms with van der Waals surface area (Å²) >= 11 is 0. The summed E-state index contributed by atoms with van der Waals surface area (Å²) in [6, 6.07) is 0.767. The molecule has 0 bridgehead atoms. The number of nitrogens with one attached hydrogen (secondary N) is 1. The molecule has 58 valence electrons. The zero-order valence-electron chi connectivity index (χ0n) is 6.52. The van der Waals surface area contributed by atoms with Gasteiger partial charge in [-0.25, -0.2) is 0 Å². The highest BCUT2D eigenvalue weighted by Gasteiger charge is 2.44. The van der Waals surface area contributed by atoms with E-state index in [1.807, 2.05) is 0 Å². The molecule has 2 heterocycles. The van der Waals surface area contributed by atoms with Crippen molar-refractivity contribution >= 4 is 0 Å². The molecule has 2 nitrogen and oxygen atoms in total. The number of hydrogen-bond acceptors (Lipinski definition) is 2. The predicted molar refractivity (Wildman–Crippen MR) is 40.0 cm³/mol. The molecule has 1 unspecified atom stereocenters. The van der Waals surface area contributed by atoms with Crippen LogP contribution in [0.2, 0.25) is 0 Å². The van der Waals surface area contributed by atoms with Crippen molar-refractivity contribution in [3.8, 4) is 0 Å². The van der Waals surface area contributed by atoms with Crippen LogP contribution >= 0.6 is 0 Å². The van der Waals surface area contributed by atoms with Crippen LogP contribution in [0.15, 0.2) is 0 Å². The van der Waals surface area contributed by atoms with E-state index in [9.17, 15) is 0 Å². The normalized spacial score (nSPS) is 36.3. The lowest BCUT2D eigenvalue weighted by molar-refractivity contribution is -0.101. The highest BCUT2D eigenvalue weighted by atomic mass is 16.5. The Morgan fingerprint density at radius 1 is 1.60 bits per heavy atom. The Labute approximate surface area is 61.9 Å². The summed E-state index contributed by atoms with van der Waals surface area (Å²) < 4.78 is 5.21. The molecule has 1 N–H and O–H groups in total. The molecule has 0 aliphatic carbocycles. The summed E-state index contributed by atoms with van der Waals surface area (Å²) in [5.41, 5.74) is 0.556. The van der Waals surface area contributed by atoms with Gasteiger partial charge < -0.3 is 10.1 Å². The van der Waals surface area contributed by atoms with Crippen molar-refractivity contribution in [3.63, 3.8) is 0 Å². The lowest BCUT2D eigenvalue weighted by Crippen LogP contribution is -2.43. The largest absolute Gasteiger partial charge is 0.380 e. The minimum absolute atomic E-state index is 0.556. The Kier molecular flexibility index (Phi) is 1.46. The molecule has 0 amide bonds. The van der Waals surface area contributed by atoms with Crippen LogP contribution in [-0.2, 0) is 4.74 Å². The highest BCUT2D eigenvalue weighted by Crippen LogP contribution is 2.36. The van der Waals surface area contributed by atoms with Crippen molar-refractivity contribution in [2.75, 3.05) is 19.8 Å². The van der Waals surface area contributed by atoms with Crippen molar-refractivity contribution in [1.29, 1.82) is 0 Å². The number of ether oxygens (including phenoxy) is 1. The predicted octanol–water partition coefficient (Wildman–Crippen LogP) is 0.775. The van der Waals surface area contributed by atoms with Crippen molar-refractivity contribution < 1.29 is 4.74 Å². The summed E-state index contributed by atoms with van der Waals surface area (Å²) in [4.78, 5) is 0. The molecule has 1 spiro atoms. The minimum atomic E-state index is 0.556. The van der Waals surface area contributed by atoms with Crippen LogP contribution in [0.5, 0.6) is 0 Å². The van der Waals surface area contributed by atoms with Gasteiger partial charge in [0.05, 0.1) is 13.2 Å². The summed E-state index contributed by atoms with van der Waals surface area (Å²) in [6.45, 7) is 5.43. The first kappa shape index (κ1) is 6.62. The second kappa shape index (κ2) is 2.21. The van der Waals surface area contributed by atoms with Gasteiger partial charge in [-0.05, 0) is 12.8 Å². The number of rotatable bonds is 1. The molecule has 2 aliphatic rings. The Morgan fingerprint density at radius 2 is 2.40 bits per heavy atom. The van der Waals surface area contributed by atoms with Gasteiger partial charge in [-0.15, -0.1) is 0 Å². The second-order valence-corrected chi connectivity index (χ2v) is 3.68. The van der Waals surface area contributed by atoms with E-state index in [0.717, 1.165) is 19.3 Å². The van der Waals surface area contributed by atoms with E-state index in [1.54, 1.807) is 0 Å². The average molecular weight is 141 g/mol. The van der Waals surface area contributed by atoms with Crippen LogP contribution in [0.3, 0.4) is 0 Å². The maximum Gasteiger partial charge on any atom is 0.0557 e. The van der Waals surface area contributed by atoms with E-state index >= 15 is 0 Å². The first-order valence-corrected chi connectivity index (χ1v) is 4.16. The molecule has 0 aromatic heterocycles. The fourth-order valence-corrected chi connectivity index (χ4v) is 1.93. The van der Waals surface area contributed by atoms with Crippen molar-refractivity contribution in [2.45, 2.75) is 25.8 Å². The molecule has 2 fully saturated rings. The molecule has 2 heteroatoms. The second-order valence-electron chi connectivity index (χ2n) is 3.68. The van der Waals surface area contributed by atoms with Crippen LogP contribution in [0.4, 0.5) is 0 Å². The first-order valence-electron chi connectivity index (χ1n) is 4.16. The van der Waals surface area contributed by atoms with Gasteiger partial charge in [0, 0.05) is 18.0 Å². The van der Waals surface area contributed by atoms with E-state index in [-0.39, 0.29) is 0 Å². The Hall–Kier alpha value is -0.0800. The minimum Gasteiger partial charge on any atom is -0.380 e. The molecule has 0 radical (unpaired) electrons. The smallest absolute Gasteiger partial charge is 0.0557 e. The Bertz CT molecular complexity index is 131. The lowest BCUT2D eigenvalue weighted by atomic mass is 9.83. The van der Waals surface area contributed by atoms with Gasteiger partial charge in [0.25, 0.3) is 0 Å². The first-order chi connectivity index (χ1) is 4.85. The van der Waals surface area contributed by atoms with Gasteiger partial charge in [0.15, 0.2) is 0 Å². The molecule has 10 heavy (non-hydrogen) atoms. The molecular formula is C8H15NO. The van der Waals surface area contributed by atoms with Gasteiger partial charge in [0.1, 0.15) is 0 Å². The summed E-state index contributed by atoms with van der Waals surface area (Å²) in [6.07, 6.45) is 2.60. The van der Waals surface area contributed by atoms with Crippen LogP contribution < -0.4 is 5.32 Å². The molecule has 0 saturated carbocycles. The van der Waals surface area contributed by atoms with Crippen molar-refractivity contribution in [2.24, 2.45) is 5.41 Å². The van der Waals surface area contributed by atoms with Crippen LogP contribution in [0.1, 0.15) is 19.8 Å². The molecule has 2 saturated heterocycles. The van der Waals surface area contributed by atoms with Gasteiger partial charge in [0.2, 0.25) is 0 Å². The molecule has 2 aliphatic heterocycles. The monoisotopic (exact) mass is 141 g/mol. The SMILES string of the molecule is CCC1CC2(CN1)COC2. The van der Waals surface area contributed by atoms with Crippen LogP contribution in [0.25, 0.3) is 0 Å². The van der Waals surface area contributed by atoms with E-state index in [1.165, 1.54) is 19.4 Å². The molecular weight excluding hydrogens is 126 g/mol. The summed E-state index contributed by atoms with van der Waals surface area (Å²) in [7, 11) is 0. The van der Waals surface area contributed by atoms with Crippen LogP contribution in [-0.4, -0.2) is 25.8 Å². The van der Waals surface area contributed by atoms with Crippen LogP contribution in [0, 0.1) is 5.41 Å². The van der Waals surface area contributed by atoms with Crippen molar-refractivity contribution in [3.05, 3.63) is 0 Å². The molecule has 1 atom stereocenters. The van der Waals surface area contributed by atoms with E-state index < -0.39 is 0 Å². The average Bonchev–Trinajstić information content (AvgIpc) is 2.29. The highest BCUT2D eigenvalue weighted by molar-refractivity contribution is 4.97. The standard InChI is InChI=1S/C8H15NO/c1-2-7-3-8(4-9-7)5-10-6-8/h7,9H,2-6H2,1H3. The maximum atomic E-state index is 5.21. The molecule has 0 aromatic carbocycles. The quantitative estimate of drug-likeness (QED) is 0.582. The Balaban J connectivity index is 1.92. The fourth-order valence-electron chi connectivity index (χ4n) is 1.93. The third-order valence-corrected chi connectivity index (χ3v) is 2.75. The maximum absolute atomic E-state index is 5.21.